The number of hydrogen-bond donors (Lipinski definition) is 1. The van der Waals surface area contributed by atoms with Crippen LogP contribution in [0, 0.1) is 6.92 Å². The largest absolute Gasteiger partial charge is 0.385 e. The number of aliphatic hydroxyl groups is 1. The summed E-state index contributed by atoms with van der Waals surface area (Å²) >= 11 is 0. The second kappa shape index (κ2) is 8.22. The summed E-state index contributed by atoms with van der Waals surface area (Å²) in [6, 6.07) is 28.0. The van der Waals surface area contributed by atoms with Crippen molar-refractivity contribution >= 4 is 5.91 Å². The van der Waals surface area contributed by atoms with Gasteiger partial charge in [0, 0.05) is 13.1 Å². The van der Waals surface area contributed by atoms with Crippen LogP contribution in [0.5, 0.6) is 0 Å². The van der Waals surface area contributed by atoms with Crippen molar-refractivity contribution in [1.82, 2.24) is 4.90 Å². The first-order chi connectivity index (χ1) is 14.1. The molecule has 0 unspecified atom stereocenters. The van der Waals surface area contributed by atoms with Crippen molar-refractivity contribution < 1.29 is 9.90 Å². The lowest BCUT2D eigenvalue weighted by Gasteiger charge is -2.40. The van der Waals surface area contributed by atoms with E-state index in [1.807, 2.05) is 96.8 Å². The number of hydrogen-bond acceptors (Lipinski definition) is 2. The zero-order valence-corrected chi connectivity index (χ0v) is 16.8. The number of carbonyl (C=O) groups excluding carboxylic acids is 1. The van der Waals surface area contributed by atoms with Crippen LogP contribution in [0.4, 0.5) is 0 Å². The maximum Gasteiger partial charge on any atom is 0.234 e. The molecular formula is C26H27NO2. The molecule has 148 valence electrons. The summed E-state index contributed by atoms with van der Waals surface area (Å²) in [5.74, 6) is -0.212. The monoisotopic (exact) mass is 385 g/mol. The molecule has 1 amide bonds. The van der Waals surface area contributed by atoms with E-state index in [0.29, 0.717) is 25.9 Å². The quantitative estimate of drug-likeness (QED) is 0.711. The molecule has 0 aliphatic carbocycles. The molecule has 1 aliphatic heterocycles. The Balaban J connectivity index is 1.55. The first-order valence-electron chi connectivity index (χ1n) is 10.2. The molecule has 1 heterocycles. The van der Waals surface area contributed by atoms with Gasteiger partial charge in [-0.1, -0.05) is 90.5 Å². The van der Waals surface area contributed by atoms with Gasteiger partial charge >= 0.3 is 0 Å². The van der Waals surface area contributed by atoms with E-state index in [1.165, 1.54) is 5.56 Å². The highest BCUT2D eigenvalue weighted by atomic mass is 16.3. The van der Waals surface area contributed by atoms with E-state index in [2.05, 4.69) is 0 Å². The number of carbonyl (C=O) groups is 1. The fourth-order valence-electron chi connectivity index (χ4n) is 4.20. The van der Waals surface area contributed by atoms with Crippen molar-refractivity contribution in [2.45, 2.75) is 31.3 Å². The van der Waals surface area contributed by atoms with Crippen LogP contribution in [0.25, 0.3) is 0 Å². The first-order valence-corrected chi connectivity index (χ1v) is 10.2. The molecule has 3 nitrogen and oxygen atoms in total. The van der Waals surface area contributed by atoms with Gasteiger partial charge in [-0.25, -0.2) is 0 Å². The number of aryl methyl sites for hydroxylation is 1. The maximum atomic E-state index is 13.5. The minimum Gasteiger partial charge on any atom is -0.385 e. The highest BCUT2D eigenvalue weighted by Crippen LogP contribution is 2.35. The Morgan fingerprint density at radius 2 is 1.31 bits per heavy atom. The van der Waals surface area contributed by atoms with Crippen LogP contribution in [-0.2, 0) is 10.4 Å². The lowest BCUT2D eigenvalue weighted by Crippen LogP contribution is -2.46. The van der Waals surface area contributed by atoms with E-state index >= 15 is 0 Å². The number of rotatable bonds is 4. The molecule has 29 heavy (non-hydrogen) atoms. The smallest absolute Gasteiger partial charge is 0.234 e. The van der Waals surface area contributed by atoms with Crippen molar-refractivity contribution in [3.8, 4) is 0 Å². The van der Waals surface area contributed by atoms with Gasteiger partial charge in [0.25, 0.3) is 0 Å². The molecule has 0 radical (unpaired) electrons. The van der Waals surface area contributed by atoms with Crippen LogP contribution < -0.4 is 0 Å². The highest BCUT2D eigenvalue weighted by molar-refractivity contribution is 5.87. The molecule has 0 bridgehead atoms. The summed E-state index contributed by atoms with van der Waals surface area (Å²) in [5.41, 5.74) is 3.27. The second-order valence-electron chi connectivity index (χ2n) is 7.98. The van der Waals surface area contributed by atoms with Gasteiger partial charge in [0.05, 0.1) is 11.5 Å². The molecule has 0 saturated carbocycles. The lowest BCUT2D eigenvalue weighted by atomic mass is 9.83. The summed E-state index contributed by atoms with van der Waals surface area (Å²) in [6.45, 7) is 3.15. The lowest BCUT2D eigenvalue weighted by molar-refractivity contribution is -0.136. The van der Waals surface area contributed by atoms with E-state index < -0.39 is 5.60 Å². The maximum absolute atomic E-state index is 13.5. The molecule has 3 aromatic rings. The van der Waals surface area contributed by atoms with E-state index in [4.69, 9.17) is 0 Å². The average Bonchev–Trinajstić information content (AvgIpc) is 2.76. The summed E-state index contributed by atoms with van der Waals surface area (Å²) in [6.07, 6.45) is 1.11. The van der Waals surface area contributed by atoms with Gasteiger partial charge in [0.15, 0.2) is 0 Å². The zero-order chi connectivity index (χ0) is 20.3. The van der Waals surface area contributed by atoms with Crippen molar-refractivity contribution in [1.29, 1.82) is 0 Å². The van der Waals surface area contributed by atoms with Gasteiger partial charge < -0.3 is 10.0 Å². The number of piperidine rings is 1. The standard InChI is InChI=1S/C26H27NO2/c1-20-12-14-23(15-13-20)26(29)16-18-27(19-17-26)25(28)24(21-8-4-2-5-9-21)22-10-6-3-7-11-22/h2-15,24,29H,16-19H2,1H3. The summed E-state index contributed by atoms with van der Waals surface area (Å²) < 4.78 is 0. The Morgan fingerprint density at radius 3 is 1.79 bits per heavy atom. The Morgan fingerprint density at radius 1 is 0.828 bits per heavy atom. The van der Waals surface area contributed by atoms with Crippen LogP contribution in [0.1, 0.15) is 41.0 Å². The van der Waals surface area contributed by atoms with Gasteiger partial charge in [-0.15, -0.1) is 0 Å². The van der Waals surface area contributed by atoms with Crippen LogP contribution in [0.2, 0.25) is 0 Å². The van der Waals surface area contributed by atoms with Gasteiger partial charge in [0.1, 0.15) is 0 Å². The van der Waals surface area contributed by atoms with Gasteiger partial charge in [-0.05, 0) is 36.5 Å². The van der Waals surface area contributed by atoms with Gasteiger partial charge in [-0.3, -0.25) is 4.79 Å². The van der Waals surface area contributed by atoms with Gasteiger partial charge in [0.2, 0.25) is 5.91 Å². The minimum absolute atomic E-state index is 0.105. The molecule has 3 heteroatoms. The molecule has 4 rings (SSSR count). The van der Waals surface area contributed by atoms with Crippen LogP contribution in [0.3, 0.4) is 0 Å². The Hall–Kier alpha value is -2.91. The van der Waals surface area contributed by atoms with Crippen molar-refractivity contribution in [3.05, 3.63) is 107 Å². The van der Waals surface area contributed by atoms with Crippen LogP contribution in [-0.4, -0.2) is 29.0 Å². The molecule has 1 aliphatic rings. The van der Waals surface area contributed by atoms with E-state index in [0.717, 1.165) is 16.7 Å². The first kappa shape index (κ1) is 19.4. The molecular weight excluding hydrogens is 358 g/mol. The molecule has 3 aromatic carbocycles. The second-order valence-corrected chi connectivity index (χ2v) is 7.98. The van der Waals surface area contributed by atoms with Gasteiger partial charge in [-0.2, -0.15) is 0 Å². The molecule has 1 fully saturated rings. The van der Waals surface area contributed by atoms with Crippen molar-refractivity contribution in [3.63, 3.8) is 0 Å². The van der Waals surface area contributed by atoms with Crippen molar-refractivity contribution in [2.75, 3.05) is 13.1 Å². The predicted octanol–water partition coefficient (Wildman–Crippen LogP) is 4.64. The fourth-order valence-corrected chi connectivity index (χ4v) is 4.20. The fraction of sp³-hybridized carbons (Fsp3) is 0.269. The third-order valence-corrected chi connectivity index (χ3v) is 6.00. The van der Waals surface area contributed by atoms with Crippen LogP contribution >= 0.6 is 0 Å². The number of likely N-dealkylation sites (tertiary alicyclic amines) is 1. The number of nitrogens with zero attached hydrogens (tertiary/aromatic N) is 1. The van der Waals surface area contributed by atoms with Crippen LogP contribution in [0.15, 0.2) is 84.9 Å². The van der Waals surface area contributed by atoms with E-state index in [-0.39, 0.29) is 11.8 Å². The predicted molar refractivity (Wildman–Crippen MR) is 116 cm³/mol. The molecule has 1 N–H and O–H groups in total. The average molecular weight is 386 g/mol. The topological polar surface area (TPSA) is 40.5 Å². The Kier molecular flexibility index (Phi) is 5.50. The molecule has 0 aromatic heterocycles. The SMILES string of the molecule is Cc1ccc(C2(O)CCN(C(=O)C(c3ccccc3)c3ccccc3)CC2)cc1. The summed E-state index contributed by atoms with van der Waals surface area (Å²) in [7, 11) is 0. The Bertz CT molecular complexity index is 904. The zero-order valence-electron chi connectivity index (χ0n) is 16.8. The molecule has 0 atom stereocenters. The van der Waals surface area contributed by atoms with E-state index in [9.17, 15) is 9.90 Å². The molecule has 1 saturated heterocycles. The third kappa shape index (κ3) is 4.10. The third-order valence-electron chi connectivity index (χ3n) is 6.00. The normalized spacial score (nSPS) is 16.0. The summed E-state index contributed by atoms with van der Waals surface area (Å²) in [5, 5.41) is 11.2. The minimum atomic E-state index is -0.862. The number of benzene rings is 3. The Labute approximate surface area is 172 Å². The van der Waals surface area contributed by atoms with Crippen molar-refractivity contribution in [2.24, 2.45) is 0 Å². The van der Waals surface area contributed by atoms with E-state index in [1.54, 1.807) is 0 Å². The highest BCUT2D eigenvalue weighted by Gasteiger charge is 2.37. The number of amides is 1. The molecule has 0 spiro atoms. The summed E-state index contributed by atoms with van der Waals surface area (Å²) in [4.78, 5) is 15.4.